The number of carbonyl (C=O) groups is 1. The van der Waals surface area contributed by atoms with Crippen LogP contribution in [-0.4, -0.2) is 40.0 Å². The first-order valence-electron chi connectivity index (χ1n) is 9.15. The first kappa shape index (κ1) is 19.5. The Bertz CT molecular complexity index is 933. The molecule has 0 bridgehead atoms. The number of carbonyl (C=O) groups excluding carboxylic acids is 1. The number of aryl methyl sites for hydroxylation is 1. The van der Waals surface area contributed by atoms with Gasteiger partial charge in [0.15, 0.2) is 5.76 Å². The summed E-state index contributed by atoms with van der Waals surface area (Å²) in [7, 11) is 3.34. The highest BCUT2D eigenvalue weighted by Crippen LogP contribution is 2.23. The van der Waals surface area contributed by atoms with Crippen LogP contribution < -0.4 is 10.1 Å². The first-order valence-corrected chi connectivity index (χ1v) is 9.15. The third-order valence-corrected chi connectivity index (χ3v) is 4.48. The first-order chi connectivity index (χ1) is 13.5. The molecule has 0 fully saturated rings. The van der Waals surface area contributed by atoms with Gasteiger partial charge in [-0.25, -0.2) is 9.48 Å². The fourth-order valence-corrected chi connectivity index (χ4v) is 2.79. The van der Waals surface area contributed by atoms with Crippen LogP contribution in [0.2, 0.25) is 0 Å². The predicted molar refractivity (Wildman–Crippen MR) is 104 cm³/mol. The SMILES string of the molecule is CCc1cc(CN(C)C(=O)NC(C)c2cnn(-c3ccccc3OC)c2)on1. The predicted octanol–water partition coefficient (Wildman–Crippen LogP) is 3.33. The summed E-state index contributed by atoms with van der Waals surface area (Å²) in [5.74, 6) is 1.39. The van der Waals surface area contributed by atoms with Crippen molar-refractivity contribution in [2.24, 2.45) is 0 Å². The number of hydrogen-bond acceptors (Lipinski definition) is 5. The monoisotopic (exact) mass is 383 g/mol. The highest BCUT2D eigenvalue weighted by molar-refractivity contribution is 5.74. The highest BCUT2D eigenvalue weighted by Gasteiger charge is 2.17. The van der Waals surface area contributed by atoms with Crippen LogP contribution in [0, 0.1) is 0 Å². The van der Waals surface area contributed by atoms with Crippen LogP contribution in [0.15, 0.2) is 47.2 Å². The van der Waals surface area contributed by atoms with Gasteiger partial charge in [0.25, 0.3) is 0 Å². The molecule has 0 spiro atoms. The maximum Gasteiger partial charge on any atom is 0.318 e. The molecule has 2 heterocycles. The molecule has 148 valence electrons. The lowest BCUT2D eigenvalue weighted by Gasteiger charge is -2.19. The molecule has 1 unspecified atom stereocenters. The molecule has 0 aliphatic heterocycles. The Balaban J connectivity index is 1.63. The average Bonchev–Trinajstić information content (AvgIpc) is 3.37. The second-order valence-corrected chi connectivity index (χ2v) is 6.56. The third kappa shape index (κ3) is 4.33. The summed E-state index contributed by atoms with van der Waals surface area (Å²) >= 11 is 0. The van der Waals surface area contributed by atoms with E-state index in [1.807, 2.05) is 50.4 Å². The Kier molecular flexibility index (Phi) is 5.98. The summed E-state index contributed by atoms with van der Waals surface area (Å²) in [6.07, 6.45) is 4.42. The van der Waals surface area contributed by atoms with Crippen molar-refractivity contribution in [2.75, 3.05) is 14.2 Å². The van der Waals surface area contributed by atoms with Crippen molar-refractivity contribution in [3.05, 3.63) is 59.7 Å². The summed E-state index contributed by atoms with van der Waals surface area (Å²) < 4.78 is 12.4. The summed E-state index contributed by atoms with van der Waals surface area (Å²) in [5, 5.41) is 11.3. The van der Waals surface area contributed by atoms with Gasteiger partial charge in [0.2, 0.25) is 0 Å². The molecular formula is C20H25N5O3. The molecule has 8 nitrogen and oxygen atoms in total. The normalized spacial score (nSPS) is 11.9. The van der Waals surface area contributed by atoms with Crippen molar-refractivity contribution in [1.82, 2.24) is 25.2 Å². The quantitative estimate of drug-likeness (QED) is 0.676. The van der Waals surface area contributed by atoms with Crippen molar-refractivity contribution in [3.8, 4) is 11.4 Å². The second-order valence-electron chi connectivity index (χ2n) is 6.56. The van der Waals surface area contributed by atoms with Crippen LogP contribution >= 0.6 is 0 Å². The van der Waals surface area contributed by atoms with E-state index < -0.39 is 0 Å². The Labute approximate surface area is 164 Å². The molecule has 1 N–H and O–H groups in total. The van der Waals surface area contributed by atoms with E-state index in [2.05, 4.69) is 15.6 Å². The van der Waals surface area contributed by atoms with Crippen molar-refractivity contribution in [2.45, 2.75) is 32.9 Å². The molecule has 2 amide bonds. The standard InChI is InChI=1S/C20H25N5O3/c1-5-16-10-17(28-23-16)13-24(3)20(26)22-14(2)15-11-21-25(12-15)18-8-6-7-9-19(18)27-4/h6-12,14H,5,13H2,1-4H3,(H,22,26). The maximum atomic E-state index is 12.5. The number of nitrogens with one attached hydrogen (secondary N) is 1. The molecule has 3 aromatic rings. The zero-order valence-corrected chi connectivity index (χ0v) is 16.5. The fourth-order valence-electron chi connectivity index (χ4n) is 2.79. The van der Waals surface area contributed by atoms with Gasteiger partial charge in [0, 0.05) is 24.9 Å². The third-order valence-electron chi connectivity index (χ3n) is 4.48. The van der Waals surface area contributed by atoms with Crippen LogP contribution in [0.4, 0.5) is 4.79 Å². The zero-order chi connectivity index (χ0) is 20.1. The van der Waals surface area contributed by atoms with E-state index in [9.17, 15) is 4.79 Å². The smallest absolute Gasteiger partial charge is 0.318 e. The minimum Gasteiger partial charge on any atom is -0.494 e. The molecule has 0 saturated carbocycles. The number of rotatable bonds is 7. The lowest BCUT2D eigenvalue weighted by atomic mass is 10.2. The van der Waals surface area contributed by atoms with Gasteiger partial charge >= 0.3 is 6.03 Å². The molecule has 28 heavy (non-hydrogen) atoms. The topological polar surface area (TPSA) is 85.4 Å². The van der Waals surface area contributed by atoms with E-state index in [-0.39, 0.29) is 12.1 Å². The lowest BCUT2D eigenvalue weighted by molar-refractivity contribution is 0.197. The number of para-hydroxylation sites is 2. The molecule has 0 aliphatic rings. The molecular weight excluding hydrogens is 358 g/mol. The number of methoxy groups -OCH3 is 1. The number of amides is 2. The minimum atomic E-state index is -0.209. The minimum absolute atomic E-state index is 0.202. The Morgan fingerprint density at radius 2 is 2.18 bits per heavy atom. The van der Waals surface area contributed by atoms with E-state index in [0.29, 0.717) is 12.3 Å². The van der Waals surface area contributed by atoms with Crippen LogP contribution in [-0.2, 0) is 13.0 Å². The Morgan fingerprint density at radius 1 is 1.39 bits per heavy atom. The number of hydrogen-bond donors (Lipinski definition) is 1. The second kappa shape index (κ2) is 8.60. The van der Waals surface area contributed by atoms with Crippen LogP contribution in [0.5, 0.6) is 5.75 Å². The molecule has 1 atom stereocenters. The number of ether oxygens (including phenoxy) is 1. The summed E-state index contributed by atoms with van der Waals surface area (Å²) in [6.45, 7) is 4.27. The van der Waals surface area contributed by atoms with Crippen molar-refractivity contribution < 1.29 is 14.1 Å². The van der Waals surface area contributed by atoms with E-state index in [4.69, 9.17) is 9.26 Å². The molecule has 2 aromatic heterocycles. The average molecular weight is 383 g/mol. The van der Waals surface area contributed by atoms with Gasteiger partial charge in [-0.3, -0.25) is 0 Å². The maximum absolute atomic E-state index is 12.5. The molecule has 8 heteroatoms. The van der Waals surface area contributed by atoms with Gasteiger partial charge in [0.05, 0.1) is 31.6 Å². The van der Waals surface area contributed by atoms with Gasteiger partial charge < -0.3 is 19.5 Å². The van der Waals surface area contributed by atoms with E-state index in [1.165, 1.54) is 0 Å². The van der Waals surface area contributed by atoms with Crippen molar-refractivity contribution in [3.63, 3.8) is 0 Å². The molecule has 0 radical (unpaired) electrons. The Hall–Kier alpha value is -3.29. The van der Waals surface area contributed by atoms with Gasteiger partial charge in [0.1, 0.15) is 11.4 Å². The summed E-state index contributed by atoms with van der Waals surface area (Å²) in [6, 6.07) is 9.09. The number of nitrogens with zero attached hydrogens (tertiary/aromatic N) is 4. The molecule has 0 aliphatic carbocycles. The van der Waals surface area contributed by atoms with Crippen LogP contribution in [0.1, 0.15) is 36.9 Å². The largest absolute Gasteiger partial charge is 0.494 e. The highest BCUT2D eigenvalue weighted by atomic mass is 16.5. The van der Waals surface area contributed by atoms with E-state index >= 15 is 0 Å². The van der Waals surface area contributed by atoms with Gasteiger partial charge in [-0.05, 0) is 25.5 Å². The molecule has 1 aromatic carbocycles. The van der Waals surface area contributed by atoms with Crippen molar-refractivity contribution in [1.29, 1.82) is 0 Å². The van der Waals surface area contributed by atoms with Crippen LogP contribution in [0.25, 0.3) is 5.69 Å². The number of aromatic nitrogens is 3. The number of benzene rings is 1. The molecule has 3 rings (SSSR count). The molecule has 0 saturated heterocycles. The fraction of sp³-hybridized carbons (Fsp3) is 0.350. The van der Waals surface area contributed by atoms with Gasteiger partial charge in [-0.15, -0.1) is 0 Å². The van der Waals surface area contributed by atoms with E-state index in [1.54, 1.807) is 29.9 Å². The van der Waals surface area contributed by atoms with Crippen molar-refractivity contribution >= 4 is 6.03 Å². The van der Waals surface area contributed by atoms with Gasteiger partial charge in [-0.1, -0.05) is 24.2 Å². The number of urea groups is 1. The van der Waals surface area contributed by atoms with Gasteiger partial charge in [-0.2, -0.15) is 5.10 Å². The summed E-state index contributed by atoms with van der Waals surface area (Å²) in [4.78, 5) is 14.0. The summed E-state index contributed by atoms with van der Waals surface area (Å²) in [5.41, 5.74) is 2.60. The Morgan fingerprint density at radius 3 is 2.89 bits per heavy atom. The van der Waals surface area contributed by atoms with E-state index in [0.717, 1.165) is 29.1 Å². The lowest BCUT2D eigenvalue weighted by Crippen LogP contribution is -2.38. The zero-order valence-electron chi connectivity index (χ0n) is 16.5. The van der Waals surface area contributed by atoms with Crippen LogP contribution in [0.3, 0.4) is 0 Å².